The second-order valence-corrected chi connectivity index (χ2v) is 15.9. The number of methoxy groups -OCH3 is 1. The van der Waals surface area contributed by atoms with Crippen LogP contribution in [0.25, 0.3) is 0 Å². The minimum absolute atomic E-state index is 0.0415. The zero-order chi connectivity index (χ0) is 29.0. The lowest BCUT2D eigenvalue weighted by Crippen LogP contribution is -2.66. The SMILES string of the molecule is COCOCC[C@@H]1CC[C@@H](CCO[Si](c2ccccc2)(c2ccccc2)C(C)(C)C)/C(=N/OCc2ccccc2)O1. The highest BCUT2D eigenvalue weighted by Crippen LogP contribution is 2.37. The highest BCUT2D eigenvalue weighted by atomic mass is 28.4. The van der Waals surface area contributed by atoms with E-state index in [0.717, 1.165) is 31.2 Å². The van der Waals surface area contributed by atoms with E-state index in [1.807, 2.05) is 30.3 Å². The van der Waals surface area contributed by atoms with Gasteiger partial charge in [-0.1, -0.05) is 117 Å². The molecule has 3 aromatic carbocycles. The van der Waals surface area contributed by atoms with Gasteiger partial charge in [-0.25, -0.2) is 0 Å². The Balaban J connectivity index is 1.50. The quantitative estimate of drug-likeness (QED) is 0.0979. The molecule has 0 aromatic heterocycles. The topological polar surface area (TPSA) is 58.5 Å². The van der Waals surface area contributed by atoms with Crippen molar-refractivity contribution < 1.29 is 23.5 Å². The maximum Gasteiger partial charge on any atom is 0.261 e. The third-order valence-electron chi connectivity index (χ3n) is 7.69. The van der Waals surface area contributed by atoms with Gasteiger partial charge >= 0.3 is 0 Å². The molecule has 1 aliphatic heterocycles. The van der Waals surface area contributed by atoms with Crippen LogP contribution in [-0.4, -0.2) is 47.4 Å². The number of oxime groups is 1. The predicted molar refractivity (Wildman–Crippen MR) is 167 cm³/mol. The summed E-state index contributed by atoms with van der Waals surface area (Å²) in [6.45, 7) is 8.81. The molecule has 0 bridgehead atoms. The molecule has 0 amide bonds. The Morgan fingerprint density at radius 3 is 2.00 bits per heavy atom. The molecule has 1 fully saturated rings. The molecule has 0 unspecified atom stereocenters. The van der Waals surface area contributed by atoms with Crippen molar-refractivity contribution in [2.45, 2.75) is 64.2 Å². The van der Waals surface area contributed by atoms with Crippen molar-refractivity contribution >= 4 is 24.6 Å². The monoisotopic (exact) mass is 575 g/mol. The predicted octanol–water partition coefficient (Wildman–Crippen LogP) is 6.29. The van der Waals surface area contributed by atoms with E-state index in [-0.39, 0.29) is 23.9 Å². The third-order valence-corrected chi connectivity index (χ3v) is 12.7. The summed E-state index contributed by atoms with van der Waals surface area (Å²) in [5, 5.41) is 7.03. The normalized spacial score (nSPS) is 18.7. The van der Waals surface area contributed by atoms with E-state index >= 15 is 0 Å². The van der Waals surface area contributed by atoms with Crippen LogP contribution < -0.4 is 10.4 Å². The van der Waals surface area contributed by atoms with Gasteiger partial charge in [0, 0.05) is 26.1 Å². The lowest BCUT2D eigenvalue weighted by Gasteiger charge is -2.43. The number of nitrogens with zero attached hydrogens (tertiary/aromatic N) is 1. The summed E-state index contributed by atoms with van der Waals surface area (Å²) in [4.78, 5) is 5.80. The fourth-order valence-corrected chi connectivity index (χ4v) is 10.2. The first-order chi connectivity index (χ1) is 19.9. The van der Waals surface area contributed by atoms with Gasteiger partial charge in [-0.15, -0.1) is 0 Å². The molecule has 1 aliphatic rings. The van der Waals surface area contributed by atoms with Crippen LogP contribution in [0.15, 0.2) is 96.2 Å². The van der Waals surface area contributed by atoms with Crippen molar-refractivity contribution in [3.63, 3.8) is 0 Å². The van der Waals surface area contributed by atoms with Crippen molar-refractivity contribution in [1.29, 1.82) is 0 Å². The molecule has 4 rings (SSSR count). The van der Waals surface area contributed by atoms with Crippen LogP contribution in [0.4, 0.5) is 0 Å². The largest absolute Gasteiger partial charge is 0.475 e. The summed E-state index contributed by atoms with van der Waals surface area (Å²) in [7, 11) is -0.974. The van der Waals surface area contributed by atoms with Gasteiger partial charge in [-0.05, 0) is 40.2 Å². The zero-order valence-electron chi connectivity index (χ0n) is 25.0. The molecule has 1 heterocycles. The first kappa shape index (κ1) is 31.0. The molecule has 220 valence electrons. The van der Waals surface area contributed by atoms with Gasteiger partial charge in [0.25, 0.3) is 8.32 Å². The number of ether oxygens (including phenoxy) is 3. The molecule has 0 radical (unpaired) electrons. The molecule has 41 heavy (non-hydrogen) atoms. The van der Waals surface area contributed by atoms with Gasteiger partial charge in [0.1, 0.15) is 19.5 Å². The Kier molecular flexibility index (Phi) is 11.6. The van der Waals surface area contributed by atoms with Crippen LogP contribution in [0, 0.1) is 5.92 Å². The fraction of sp³-hybridized carbons (Fsp3) is 0.441. The highest BCUT2D eigenvalue weighted by Gasteiger charge is 2.50. The smallest absolute Gasteiger partial charge is 0.261 e. The van der Waals surface area contributed by atoms with E-state index in [2.05, 4.69) is 86.6 Å². The maximum absolute atomic E-state index is 7.16. The lowest BCUT2D eigenvalue weighted by atomic mass is 9.93. The molecule has 6 nitrogen and oxygen atoms in total. The van der Waals surface area contributed by atoms with Crippen molar-refractivity contribution in [3.05, 3.63) is 96.6 Å². The van der Waals surface area contributed by atoms with Crippen LogP contribution in [-0.2, 0) is 30.1 Å². The molecular weight excluding hydrogens is 530 g/mol. The number of hydrogen-bond donors (Lipinski definition) is 0. The average molecular weight is 576 g/mol. The molecule has 1 saturated heterocycles. The van der Waals surface area contributed by atoms with Crippen LogP contribution >= 0.6 is 0 Å². The van der Waals surface area contributed by atoms with E-state index < -0.39 is 8.32 Å². The standard InChI is InChI=1S/C34H45NO5Si/c1-34(2,3)41(31-16-10-6-11-17-31,32-18-12-7-13-19-32)39-25-22-29-20-21-30(23-24-37-27-36-4)40-33(29)35-38-26-28-14-8-5-9-15-28/h5-19,29-30H,20-27H2,1-4H3/b35-33-/t29-,30-/m0/s1. The molecule has 0 spiro atoms. The number of benzene rings is 3. The zero-order valence-corrected chi connectivity index (χ0v) is 26.0. The minimum Gasteiger partial charge on any atom is -0.475 e. The molecular formula is C34H45NO5Si. The lowest BCUT2D eigenvalue weighted by molar-refractivity contribution is -0.0421. The summed E-state index contributed by atoms with van der Waals surface area (Å²) in [5.41, 5.74) is 1.07. The Morgan fingerprint density at radius 1 is 0.805 bits per heavy atom. The van der Waals surface area contributed by atoms with Gasteiger partial charge in [0.15, 0.2) is 0 Å². The Bertz CT molecular complexity index is 1140. The van der Waals surface area contributed by atoms with E-state index in [4.69, 9.17) is 23.5 Å². The summed E-state index contributed by atoms with van der Waals surface area (Å²) in [5.74, 6) is 0.787. The first-order valence-electron chi connectivity index (χ1n) is 14.7. The molecule has 2 atom stereocenters. The molecule has 3 aromatic rings. The van der Waals surface area contributed by atoms with E-state index in [1.165, 1.54) is 10.4 Å². The van der Waals surface area contributed by atoms with Crippen molar-refractivity contribution in [3.8, 4) is 0 Å². The van der Waals surface area contributed by atoms with E-state index in [0.29, 0.717) is 25.7 Å². The van der Waals surface area contributed by atoms with Gasteiger partial charge in [0.2, 0.25) is 5.90 Å². The second kappa shape index (κ2) is 15.3. The van der Waals surface area contributed by atoms with Gasteiger partial charge in [-0.3, -0.25) is 0 Å². The van der Waals surface area contributed by atoms with E-state index in [9.17, 15) is 0 Å². The van der Waals surface area contributed by atoms with Crippen LogP contribution in [0.1, 0.15) is 52.0 Å². The van der Waals surface area contributed by atoms with Crippen LogP contribution in [0.5, 0.6) is 0 Å². The van der Waals surface area contributed by atoms with Crippen molar-refractivity contribution in [1.82, 2.24) is 0 Å². The number of rotatable bonds is 14. The summed E-state index contributed by atoms with van der Waals surface area (Å²) < 4.78 is 24.1. The van der Waals surface area contributed by atoms with Gasteiger partial charge in [0.05, 0.1) is 6.61 Å². The Labute approximate surface area is 246 Å². The summed E-state index contributed by atoms with van der Waals surface area (Å²) in [6, 6.07) is 31.6. The highest BCUT2D eigenvalue weighted by molar-refractivity contribution is 6.99. The van der Waals surface area contributed by atoms with Crippen molar-refractivity contribution in [2.24, 2.45) is 11.1 Å². The summed E-state index contributed by atoms with van der Waals surface area (Å²) in [6.07, 6.45) is 3.54. The molecule has 7 heteroatoms. The van der Waals surface area contributed by atoms with Crippen LogP contribution in [0.2, 0.25) is 5.04 Å². The second-order valence-electron chi connectivity index (χ2n) is 11.6. The number of hydrogen-bond acceptors (Lipinski definition) is 6. The maximum atomic E-state index is 7.16. The fourth-order valence-electron chi connectivity index (χ4n) is 5.62. The minimum atomic E-state index is -2.60. The van der Waals surface area contributed by atoms with Gasteiger partial charge in [-0.2, -0.15) is 0 Å². The third kappa shape index (κ3) is 8.29. The average Bonchev–Trinajstić information content (AvgIpc) is 2.99. The van der Waals surface area contributed by atoms with Gasteiger partial charge < -0.3 is 23.5 Å². The molecule has 0 saturated carbocycles. The van der Waals surface area contributed by atoms with Crippen LogP contribution in [0.3, 0.4) is 0 Å². The summed E-state index contributed by atoms with van der Waals surface area (Å²) >= 11 is 0. The first-order valence-corrected chi connectivity index (χ1v) is 16.6. The molecule has 0 aliphatic carbocycles. The van der Waals surface area contributed by atoms with Crippen molar-refractivity contribution in [2.75, 3.05) is 27.1 Å². The van der Waals surface area contributed by atoms with E-state index in [1.54, 1.807) is 7.11 Å². The molecule has 0 N–H and O–H groups in total. The Morgan fingerprint density at radius 2 is 1.41 bits per heavy atom. The Hall–Kier alpha value is -2.97.